The maximum absolute atomic E-state index is 16.4. The van der Waals surface area contributed by atoms with Crippen molar-refractivity contribution < 1.29 is 67.3 Å². The summed E-state index contributed by atoms with van der Waals surface area (Å²) in [5.41, 5.74) is -11.1. The maximum Gasteiger partial charge on any atom is 1.00 e. The van der Waals surface area contributed by atoms with Crippen molar-refractivity contribution in [2.45, 2.75) is 11.7 Å². The molecule has 0 aliphatic rings. The number of halogens is 15. The molecule has 0 heterocycles. The van der Waals surface area contributed by atoms with E-state index in [-0.39, 0.29) is 18.1 Å². The van der Waals surface area contributed by atoms with Gasteiger partial charge in [0.05, 0.1) is 0 Å². The molecule has 0 unspecified atom stereocenters. The highest BCUT2D eigenvalue weighted by Gasteiger charge is 2.52. The van der Waals surface area contributed by atoms with Crippen LogP contribution in [0, 0.1) is 87.3 Å². The Kier molecular flexibility index (Phi) is 9.84. The predicted octanol–water partition coefficient (Wildman–Crippen LogP) is 9.39. The Bertz CT molecular complexity index is 2080. The fourth-order valence-electron chi connectivity index (χ4n) is 7.38. The van der Waals surface area contributed by atoms with Gasteiger partial charge in [-0.3, -0.25) is 0 Å². The molecule has 0 aromatic heterocycles. The molecule has 0 aliphatic carbocycles. The van der Waals surface area contributed by atoms with E-state index in [1.54, 1.807) is 0 Å². The summed E-state index contributed by atoms with van der Waals surface area (Å²) in [6.45, 7) is 0. The Morgan fingerprint density at radius 2 is 0.481 bits per heavy atom. The standard InChI is InChI=1S/C38H17BF15/c40-23-20(24(41)30(47)35(52)29(23)46)39(21-25(42)31(48)36(53)32(49)26(21)43,22-27(44)33(50)37(54)34(51)28(22)45)16-38(17-10-4-1-5-11-17,18-12-6-2-7-13-18)19-14-8-3-9-15-19/h1-15H,16H2/q-1/p+1. The highest BCUT2D eigenvalue weighted by atomic mass is 19.2. The van der Waals surface area contributed by atoms with Crippen molar-refractivity contribution in [3.8, 4) is 0 Å². The van der Waals surface area contributed by atoms with Gasteiger partial charge in [0, 0.05) is 5.41 Å². The first kappa shape index (κ1) is 38.1. The Balaban J connectivity index is 0.00000580. The van der Waals surface area contributed by atoms with E-state index in [1.165, 1.54) is 91.0 Å². The SMILES string of the molecule is Fc1c(F)c(F)c([B-](CC(c2ccccc2)(c2ccccc2)c2ccccc2)(c2c(F)c(F)c(F)c(F)c2F)c2c(F)c(F)c(F)c(F)c2F)c(F)c1F.[H+]. The van der Waals surface area contributed by atoms with Crippen LogP contribution < -0.4 is 16.4 Å². The van der Waals surface area contributed by atoms with Crippen LogP contribution in [0.4, 0.5) is 65.9 Å². The normalized spacial score (nSPS) is 12.1. The molecule has 0 saturated heterocycles. The first-order valence-electron chi connectivity index (χ1n) is 15.4. The van der Waals surface area contributed by atoms with E-state index >= 15 is 52.7 Å². The summed E-state index contributed by atoms with van der Waals surface area (Å²) < 4.78 is 234. The van der Waals surface area contributed by atoms with E-state index < -0.39 is 122 Å². The lowest BCUT2D eigenvalue weighted by Crippen LogP contribution is -2.75. The lowest BCUT2D eigenvalue weighted by Gasteiger charge is -2.51. The number of hydrogen-bond acceptors (Lipinski definition) is 0. The third-order valence-electron chi connectivity index (χ3n) is 9.62. The zero-order chi connectivity index (χ0) is 39.4. The molecule has 0 atom stereocenters. The minimum Gasteiger partial charge on any atom is -0.207 e. The quantitative estimate of drug-likeness (QED) is 0.0476. The van der Waals surface area contributed by atoms with Gasteiger partial charge in [0.1, 0.15) is 41.0 Å². The van der Waals surface area contributed by atoms with Crippen LogP contribution in [0.15, 0.2) is 91.0 Å². The van der Waals surface area contributed by atoms with Gasteiger partial charge < -0.3 is 0 Å². The Hall–Kier alpha value is -5.67. The van der Waals surface area contributed by atoms with Crippen LogP contribution in [-0.4, -0.2) is 6.15 Å². The summed E-state index contributed by atoms with van der Waals surface area (Å²) in [6.07, 6.45) is -7.84. The molecule has 6 aromatic rings. The zero-order valence-corrected chi connectivity index (χ0v) is 26.6. The summed E-state index contributed by atoms with van der Waals surface area (Å²) >= 11 is 0. The van der Waals surface area contributed by atoms with Crippen LogP contribution in [0.25, 0.3) is 0 Å². The second kappa shape index (κ2) is 14.0. The molecule has 0 bridgehead atoms. The molecule has 6 aromatic carbocycles. The third kappa shape index (κ3) is 5.44. The average Bonchev–Trinajstić information content (AvgIpc) is 3.19. The first-order valence-corrected chi connectivity index (χ1v) is 15.4. The molecule has 0 nitrogen and oxygen atoms in total. The minimum atomic E-state index is -5.91. The van der Waals surface area contributed by atoms with E-state index in [1.807, 2.05) is 0 Å². The molecule has 0 amide bonds. The number of hydrogen-bond donors (Lipinski definition) is 0. The van der Waals surface area contributed by atoms with Crippen LogP contribution in [0.2, 0.25) is 6.32 Å². The Morgan fingerprint density at radius 1 is 0.296 bits per heavy atom. The number of rotatable bonds is 8. The molecular formula is C38H18BF15. The molecule has 0 spiro atoms. The lowest BCUT2D eigenvalue weighted by atomic mass is 9.11. The fraction of sp³-hybridized carbons (Fsp3) is 0.0526. The van der Waals surface area contributed by atoms with E-state index in [4.69, 9.17) is 0 Å². The number of benzene rings is 6. The van der Waals surface area contributed by atoms with Crippen LogP contribution in [0.5, 0.6) is 0 Å². The van der Waals surface area contributed by atoms with Crippen molar-refractivity contribution in [2.24, 2.45) is 0 Å². The topological polar surface area (TPSA) is 0 Å². The van der Waals surface area contributed by atoms with Gasteiger partial charge in [0.15, 0.2) is 52.4 Å². The van der Waals surface area contributed by atoms with Crippen LogP contribution in [0.1, 0.15) is 18.1 Å². The molecule has 0 aliphatic heterocycles. The molecule has 0 saturated carbocycles. The van der Waals surface area contributed by atoms with Gasteiger partial charge >= 0.3 is 1.43 Å². The first-order chi connectivity index (χ1) is 25.5. The van der Waals surface area contributed by atoms with Crippen LogP contribution in [-0.2, 0) is 5.41 Å². The van der Waals surface area contributed by atoms with E-state index in [9.17, 15) is 13.2 Å². The predicted molar refractivity (Wildman–Crippen MR) is 168 cm³/mol. The molecule has 278 valence electrons. The summed E-state index contributed by atoms with van der Waals surface area (Å²) in [5.74, 6) is -45.6. The van der Waals surface area contributed by atoms with Gasteiger partial charge in [-0.05, 0) is 16.7 Å². The molecule has 0 N–H and O–H groups in total. The summed E-state index contributed by atoms with van der Waals surface area (Å²) in [7, 11) is 0. The smallest absolute Gasteiger partial charge is 0.207 e. The second-order valence-electron chi connectivity index (χ2n) is 12.2. The monoisotopic (exact) mass is 770 g/mol. The van der Waals surface area contributed by atoms with Crippen LogP contribution in [0.3, 0.4) is 0 Å². The van der Waals surface area contributed by atoms with E-state index in [0.29, 0.717) is 0 Å². The second-order valence-corrected chi connectivity index (χ2v) is 12.2. The highest BCUT2D eigenvalue weighted by molar-refractivity contribution is 7.12. The fourth-order valence-corrected chi connectivity index (χ4v) is 7.38. The van der Waals surface area contributed by atoms with Crippen molar-refractivity contribution in [1.29, 1.82) is 0 Å². The molecule has 6 rings (SSSR count). The van der Waals surface area contributed by atoms with Gasteiger partial charge in [-0.2, -0.15) is 0 Å². The molecule has 54 heavy (non-hydrogen) atoms. The van der Waals surface area contributed by atoms with Crippen molar-refractivity contribution in [3.63, 3.8) is 0 Å². The molecule has 0 radical (unpaired) electrons. The van der Waals surface area contributed by atoms with Gasteiger partial charge in [-0.1, -0.05) is 91.0 Å². The largest absolute Gasteiger partial charge is 1.00 e. The van der Waals surface area contributed by atoms with Gasteiger partial charge in [-0.25, -0.2) is 65.9 Å². The van der Waals surface area contributed by atoms with Gasteiger partial charge in [0.25, 0.3) is 0 Å². The average molecular weight is 770 g/mol. The molecular weight excluding hydrogens is 752 g/mol. The molecule has 16 heteroatoms. The van der Waals surface area contributed by atoms with E-state index in [0.717, 1.165) is 0 Å². The van der Waals surface area contributed by atoms with Crippen molar-refractivity contribution in [3.05, 3.63) is 195 Å². The minimum absolute atomic E-state index is 0. The Morgan fingerprint density at radius 3 is 0.685 bits per heavy atom. The zero-order valence-electron chi connectivity index (χ0n) is 27.6. The van der Waals surface area contributed by atoms with E-state index in [2.05, 4.69) is 0 Å². The summed E-state index contributed by atoms with van der Waals surface area (Å²) in [4.78, 5) is 0. The summed E-state index contributed by atoms with van der Waals surface area (Å²) in [6, 6.07) is 19.1. The van der Waals surface area contributed by atoms with Crippen molar-refractivity contribution in [1.82, 2.24) is 0 Å². The maximum atomic E-state index is 16.4. The Labute approximate surface area is 296 Å². The van der Waals surface area contributed by atoms with Gasteiger partial charge in [-0.15, -0.1) is 22.7 Å². The highest BCUT2D eigenvalue weighted by Crippen LogP contribution is 2.47. The molecule has 0 fully saturated rings. The van der Waals surface area contributed by atoms with Gasteiger partial charge in [0.2, 0.25) is 0 Å². The van der Waals surface area contributed by atoms with Crippen molar-refractivity contribution >= 4 is 22.5 Å². The third-order valence-corrected chi connectivity index (χ3v) is 9.62. The van der Waals surface area contributed by atoms with Crippen molar-refractivity contribution in [2.75, 3.05) is 0 Å². The lowest BCUT2D eigenvalue weighted by molar-refractivity contribution is 0.379. The summed E-state index contributed by atoms with van der Waals surface area (Å²) in [5, 5.41) is 0. The van der Waals surface area contributed by atoms with Crippen LogP contribution >= 0.6 is 0 Å².